The molecule has 4 rings (SSSR count). The van der Waals surface area contributed by atoms with E-state index >= 15 is 0 Å². The fourth-order valence-corrected chi connectivity index (χ4v) is 4.09. The molecule has 1 aromatic carbocycles. The zero-order valence-electron chi connectivity index (χ0n) is 11.8. The van der Waals surface area contributed by atoms with E-state index in [2.05, 4.69) is 41.0 Å². The lowest BCUT2D eigenvalue weighted by Gasteiger charge is -2.34. The monoisotopic (exact) mass is 350 g/mol. The molecule has 3 aliphatic rings. The fraction of sp³-hybridized carbons (Fsp3) is 0.353. The third-order valence-corrected chi connectivity index (χ3v) is 5.59. The van der Waals surface area contributed by atoms with Crippen LogP contribution in [0.5, 0.6) is 0 Å². The van der Waals surface area contributed by atoms with Crippen LogP contribution >= 0.6 is 35.4 Å². The van der Waals surface area contributed by atoms with Crippen LogP contribution in [0.3, 0.4) is 0 Å². The summed E-state index contributed by atoms with van der Waals surface area (Å²) in [6, 6.07) is 8.93. The Labute approximate surface area is 145 Å². The van der Waals surface area contributed by atoms with E-state index in [1.54, 1.807) is 0 Å². The van der Waals surface area contributed by atoms with Crippen molar-refractivity contribution in [2.75, 3.05) is 0 Å². The molecule has 2 saturated heterocycles. The number of piperidine rings is 1. The second kappa shape index (κ2) is 5.64. The predicted molar refractivity (Wildman–Crippen MR) is 95.6 cm³/mol. The number of hydrogen-bond acceptors (Lipinski definition) is 2. The zero-order valence-corrected chi connectivity index (χ0v) is 14.1. The van der Waals surface area contributed by atoms with Gasteiger partial charge >= 0.3 is 0 Å². The van der Waals surface area contributed by atoms with Crippen LogP contribution in [0, 0.1) is 5.92 Å². The maximum atomic E-state index is 6.16. The average molecular weight is 351 g/mol. The van der Waals surface area contributed by atoms with Gasteiger partial charge in [-0.15, -0.1) is 11.6 Å². The molecule has 0 bridgehead atoms. The van der Waals surface area contributed by atoms with E-state index in [0.717, 1.165) is 16.4 Å². The quantitative estimate of drug-likeness (QED) is 0.484. The summed E-state index contributed by atoms with van der Waals surface area (Å²) in [6.45, 7) is 0. The van der Waals surface area contributed by atoms with Gasteiger partial charge in [0.05, 0.1) is 22.4 Å². The lowest BCUT2D eigenvalue weighted by molar-refractivity contribution is 0.436. The molecule has 0 radical (unpaired) electrons. The number of halogens is 2. The molecule has 22 heavy (non-hydrogen) atoms. The number of allylic oxidation sites excluding steroid dienone is 3. The van der Waals surface area contributed by atoms with Crippen molar-refractivity contribution in [3.63, 3.8) is 0 Å². The SMILES string of the molecule is S=C1NC(c2ccc(Cl)cc2)C(C2=CCC(Cl)C=C2)C2NC12. The van der Waals surface area contributed by atoms with Crippen molar-refractivity contribution in [3.05, 3.63) is 58.7 Å². The Morgan fingerprint density at radius 2 is 1.91 bits per heavy atom. The summed E-state index contributed by atoms with van der Waals surface area (Å²) < 4.78 is 0. The normalized spacial score (nSPS) is 36.4. The molecule has 5 unspecified atom stereocenters. The number of rotatable bonds is 2. The Bertz CT molecular complexity index is 668. The molecular weight excluding hydrogens is 335 g/mol. The number of benzene rings is 1. The molecule has 1 aromatic rings. The minimum Gasteiger partial charge on any atom is -0.371 e. The lowest BCUT2D eigenvalue weighted by Crippen LogP contribution is -2.43. The maximum absolute atomic E-state index is 6.16. The van der Waals surface area contributed by atoms with Gasteiger partial charge in [-0.2, -0.15) is 0 Å². The molecule has 2 N–H and O–H groups in total. The number of nitrogens with one attached hydrogen (secondary N) is 2. The standard InChI is InChI=1S/C17H16Cl2N2S/c18-11-5-1-9(2-6-11)13-14(10-3-7-12(19)8-4-10)21-17(22)16-15(13)20-16/h1-5,7-8,11,13-16,20H,6H2,(H,21,22). The van der Waals surface area contributed by atoms with E-state index in [0.29, 0.717) is 18.0 Å². The Morgan fingerprint density at radius 1 is 1.14 bits per heavy atom. The minimum atomic E-state index is 0.110. The van der Waals surface area contributed by atoms with Crippen LogP contribution in [0.25, 0.3) is 0 Å². The smallest absolute Gasteiger partial charge is 0.0947 e. The summed E-state index contributed by atoms with van der Waals surface area (Å²) in [5, 5.41) is 7.90. The van der Waals surface area contributed by atoms with E-state index in [4.69, 9.17) is 35.4 Å². The average Bonchev–Trinajstić information content (AvgIpc) is 3.30. The summed E-state index contributed by atoms with van der Waals surface area (Å²) in [5.74, 6) is 0.360. The highest BCUT2D eigenvalue weighted by molar-refractivity contribution is 7.80. The molecule has 2 heterocycles. The second-order valence-electron chi connectivity index (χ2n) is 6.05. The van der Waals surface area contributed by atoms with Crippen molar-refractivity contribution < 1.29 is 0 Å². The zero-order chi connectivity index (χ0) is 15.3. The van der Waals surface area contributed by atoms with E-state index < -0.39 is 0 Å². The maximum Gasteiger partial charge on any atom is 0.0947 e. The van der Waals surface area contributed by atoms with Gasteiger partial charge in [-0.25, -0.2) is 0 Å². The van der Waals surface area contributed by atoms with Crippen LogP contribution in [0.2, 0.25) is 5.02 Å². The van der Waals surface area contributed by atoms with Gasteiger partial charge in [-0.3, -0.25) is 0 Å². The Morgan fingerprint density at radius 3 is 2.59 bits per heavy atom. The first kappa shape index (κ1) is 14.7. The molecule has 0 saturated carbocycles. The van der Waals surface area contributed by atoms with Gasteiger partial charge in [-0.1, -0.05) is 54.2 Å². The van der Waals surface area contributed by atoms with E-state index in [1.165, 1.54) is 11.1 Å². The number of hydrogen-bond donors (Lipinski definition) is 2. The lowest BCUT2D eigenvalue weighted by atomic mass is 9.79. The van der Waals surface area contributed by atoms with Gasteiger partial charge in [0.25, 0.3) is 0 Å². The van der Waals surface area contributed by atoms with Gasteiger partial charge in [0, 0.05) is 17.0 Å². The molecule has 0 amide bonds. The molecule has 2 fully saturated rings. The van der Waals surface area contributed by atoms with Crippen molar-refractivity contribution in [2.24, 2.45) is 5.92 Å². The van der Waals surface area contributed by atoms with Gasteiger partial charge < -0.3 is 10.6 Å². The third-order valence-electron chi connectivity index (χ3n) is 4.64. The molecule has 5 atom stereocenters. The molecule has 2 aliphatic heterocycles. The van der Waals surface area contributed by atoms with Gasteiger partial charge in [0.2, 0.25) is 0 Å². The summed E-state index contributed by atoms with van der Waals surface area (Å²) in [6.07, 6.45) is 7.40. The largest absolute Gasteiger partial charge is 0.371 e. The van der Waals surface area contributed by atoms with Crippen LogP contribution in [-0.2, 0) is 0 Å². The summed E-state index contributed by atoms with van der Waals surface area (Å²) >= 11 is 17.7. The third kappa shape index (κ3) is 2.61. The van der Waals surface area contributed by atoms with E-state index in [-0.39, 0.29) is 11.4 Å². The van der Waals surface area contributed by atoms with Crippen molar-refractivity contribution in [2.45, 2.75) is 29.9 Å². The Hall–Kier alpha value is -0.870. The molecule has 0 aromatic heterocycles. The van der Waals surface area contributed by atoms with Crippen molar-refractivity contribution >= 4 is 40.4 Å². The Balaban J connectivity index is 1.68. The Kier molecular flexibility index (Phi) is 3.77. The predicted octanol–water partition coefficient (Wildman–Crippen LogP) is 3.76. The highest BCUT2D eigenvalue weighted by Gasteiger charge is 2.53. The molecule has 114 valence electrons. The molecule has 5 heteroatoms. The number of thiocarbonyl (C=S) groups is 1. The highest BCUT2D eigenvalue weighted by atomic mass is 35.5. The molecule has 1 aliphatic carbocycles. The van der Waals surface area contributed by atoms with Gasteiger partial charge in [0.15, 0.2) is 0 Å². The van der Waals surface area contributed by atoms with E-state index in [9.17, 15) is 0 Å². The van der Waals surface area contributed by atoms with Crippen LogP contribution in [-0.4, -0.2) is 22.4 Å². The van der Waals surface area contributed by atoms with Gasteiger partial charge in [0.1, 0.15) is 0 Å². The van der Waals surface area contributed by atoms with Crippen LogP contribution in [0.15, 0.2) is 48.1 Å². The van der Waals surface area contributed by atoms with Crippen LogP contribution in [0.4, 0.5) is 0 Å². The minimum absolute atomic E-state index is 0.110. The topological polar surface area (TPSA) is 34.0 Å². The summed E-state index contributed by atoms with van der Waals surface area (Å²) in [5.41, 5.74) is 2.55. The summed E-state index contributed by atoms with van der Waals surface area (Å²) in [4.78, 5) is 0.914. The number of alkyl halides is 1. The molecule has 2 nitrogen and oxygen atoms in total. The van der Waals surface area contributed by atoms with Gasteiger partial charge in [-0.05, 0) is 29.7 Å². The highest BCUT2D eigenvalue weighted by Crippen LogP contribution is 2.42. The van der Waals surface area contributed by atoms with Crippen LogP contribution < -0.4 is 10.6 Å². The van der Waals surface area contributed by atoms with Crippen molar-refractivity contribution in [1.82, 2.24) is 10.6 Å². The first-order chi connectivity index (χ1) is 10.6. The first-order valence-electron chi connectivity index (χ1n) is 7.48. The summed E-state index contributed by atoms with van der Waals surface area (Å²) in [7, 11) is 0. The van der Waals surface area contributed by atoms with Crippen LogP contribution in [0.1, 0.15) is 18.0 Å². The second-order valence-corrected chi connectivity index (χ2v) is 7.49. The van der Waals surface area contributed by atoms with Crippen molar-refractivity contribution in [3.8, 4) is 0 Å². The van der Waals surface area contributed by atoms with E-state index in [1.807, 2.05) is 12.1 Å². The first-order valence-corrected chi connectivity index (χ1v) is 8.70. The fourth-order valence-electron chi connectivity index (χ4n) is 3.46. The van der Waals surface area contributed by atoms with Crippen molar-refractivity contribution in [1.29, 1.82) is 0 Å². The number of fused-ring (bicyclic) bond motifs is 1. The molecule has 0 spiro atoms. The molecular formula is C17H16Cl2N2S.